The number of nitrogens with one attached hydrogen (secondary N) is 2. The molecule has 1 amide bonds. The van der Waals surface area contributed by atoms with Gasteiger partial charge in [-0.05, 0) is 60.9 Å². The summed E-state index contributed by atoms with van der Waals surface area (Å²) in [6.45, 7) is 4.06. The van der Waals surface area contributed by atoms with Gasteiger partial charge in [-0.3, -0.25) is 9.36 Å². The second kappa shape index (κ2) is 8.17. The molecule has 5 rings (SSSR count). The summed E-state index contributed by atoms with van der Waals surface area (Å²) in [5.74, 6) is 0.571. The van der Waals surface area contributed by atoms with Gasteiger partial charge in [0, 0.05) is 16.4 Å². The average Bonchev–Trinajstić information content (AvgIpc) is 3.17. The molecule has 2 heterocycles. The Kier molecular flexibility index (Phi) is 5.19. The Balaban J connectivity index is 1.64. The number of anilines is 2. The third-order valence-corrected chi connectivity index (χ3v) is 6.13. The normalized spacial score (nSPS) is 15.4. The Morgan fingerprint density at radius 1 is 1.06 bits per heavy atom. The van der Waals surface area contributed by atoms with Crippen LogP contribution in [0.1, 0.15) is 31.0 Å². The summed E-state index contributed by atoms with van der Waals surface area (Å²) >= 11 is 6.00. The van der Waals surface area contributed by atoms with Gasteiger partial charge in [0.15, 0.2) is 0 Å². The van der Waals surface area contributed by atoms with Gasteiger partial charge >= 0.3 is 0 Å². The highest BCUT2D eigenvalue weighted by atomic mass is 35.5. The van der Waals surface area contributed by atoms with Crippen LogP contribution in [0.5, 0.6) is 0 Å². The van der Waals surface area contributed by atoms with Crippen LogP contribution in [0.3, 0.4) is 0 Å². The minimum Gasteiger partial charge on any atom is -0.329 e. The molecule has 0 aliphatic carbocycles. The fourth-order valence-electron chi connectivity index (χ4n) is 4.24. The standard InChI is InChI=1S/C26H23ClN4O/c1-3-17-8-10-18(11-9-17)24-23(25(32)29-20-14-12-19(27)13-15-20)16(2)28-26-30-21-6-4-5-7-22(21)31(24)26/h4-15,24H,3H2,1-2H3,(H,28,30)(H,29,32)/t24-/m1/s1. The molecule has 1 atom stereocenters. The van der Waals surface area contributed by atoms with Gasteiger partial charge in [-0.25, -0.2) is 4.98 Å². The third-order valence-electron chi connectivity index (χ3n) is 5.88. The molecule has 4 aromatic rings. The Bertz CT molecular complexity index is 1340. The predicted octanol–water partition coefficient (Wildman–Crippen LogP) is 6.18. The summed E-state index contributed by atoms with van der Waals surface area (Å²) in [6.07, 6.45) is 0.963. The number of hydrogen-bond donors (Lipinski definition) is 2. The van der Waals surface area contributed by atoms with Crippen LogP contribution in [-0.4, -0.2) is 15.5 Å². The van der Waals surface area contributed by atoms with E-state index < -0.39 is 0 Å². The van der Waals surface area contributed by atoms with Gasteiger partial charge in [0.25, 0.3) is 5.91 Å². The van der Waals surface area contributed by atoms with Gasteiger partial charge in [0.1, 0.15) is 0 Å². The smallest absolute Gasteiger partial charge is 0.255 e. The highest BCUT2D eigenvalue weighted by molar-refractivity contribution is 6.30. The van der Waals surface area contributed by atoms with Crippen molar-refractivity contribution in [3.8, 4) is 0 Å². The summed E-state index contributed by atoms with van der Waals surface area (Å²) in [5.41, 5.74) is 6.28. The summed E-state index contributed by atoms with van der Waals surface area (Å²) in [7, 11) is 0. The number of carbonyl (C=O) groups is 1. The van der Waals surface area contributed by atoms with Crippen LogP contribution in [0.25, 0.3) is 11.0 Å². The first-order chi connectivity index (χ1) is 15.5. The topological polar surface area (TPSA) is 59.0 Å². The van der Waals surface area contributed by atoms with Gasteiger partial charge in [-0.15, -0.1) is 0 Å². The fraction of sp³-hybridized carbons (Fsp3) is 0.154. The van der Waals surface area contributed by atoms with Crippen LogP contribution >= 0.6 is 11.6 Å². The number of rotatable bonds is 4. The number of imidazole rings is 1. The number of para-hydroxylation sites is 2. The average molecular weight is 443 g/mol. The number of halogens is 1. The van der Waals surface area contributed by atoms with E-state index in [2.05, 4.69) is 46.4 Å². The van der Waals surface area contributed by atoms with E-state index in [0.29, 0.717) is 16.3 Å². The molecule has 0 saturated heterocycles. The van der Waals surface area contributed by atoms with Gasteiger partial charge in [-0.2, -0.15) is 0 Å². The van der Waals surface area contributed by atoms with Crippen molar-refractivity contribution in [2.24, 2.45) is 0 Å². The highest BCUT2D eigenvalue weighted by Crippen LogP contribution is 2.39. The lowest BCUT2D eigenvalue weighted by molar-refractivity contribution is -0.113. The Labute approximate surface area is 191 Å². The lowest BCUT2D eigenvalue weighted by atomic mass is 9.93. The number of hydrogen-bond acceptors (Lipinski definition) is 3. The van der Waals surface area contributed by atoms with Crippen LogP contribution in [0.4, 0.5) is 11.6 Å². The summed E-state index contributed by atoms with van der Waals surface area (Å²) < 4.78 is 2.11. The molecule has 0 saturated carbocycles. The van der Waals surface area contributed by atoms with Crippen molar-refractivity contribution in [2.75, 3.05) is 10.6 Å². The molecule has 2 N–H and O–H groups in total. The van der Waals surface area contributed by atoms with Crippen molar-refractivity contribution in [2.45, 2.75) is 26.3 Å². The van der Waals surface area contributed by atoms with E-state index in [9.17, 15) is 4.79 Å². The van der Waals surface area contributed by atoms with Gasteiger partial charge < -0.3 is 10.6 Å². The number of fused-ring (bicyclic) bond motifs is 3. The predicted molar refractivity (Wildman–Crippen MR) is 130 cm³/mol. The number of aryl methyl sites for hydroxylation is 1. The van der Waals surface area contributed by atoms with E-state index in [4.69, 9.17) is 16.6 Å². The molecule has 160 valence electrons. The molecule has 3 aromatic carbocycles. The highest BCUT2D eigenvalue weighted by Gasteiger charge is 2.34. The molecule has 6 heteroatoms. The minimum absolute atomic E-state index is 0.162. The van der Waals surface area contributed by atoms with Crippen LogP contribution in [0, 0.1) is 0 Å². The molecule has 0 fully saturated rings. The van der Waals surface area contributed by atoms with E-state index in [1.165, 1.54) is 5.56 Å². The molecule has 1 aromatic heterocycles. The monoisotopic (exact) mass is 442 g/mol. The van der Waals surface area contributed by atoms with E-state index >= 15 is 0 Å². The summed E-state index contributed by atoms with van der Waals surface area (Å²) in [6, 6.07) is 23.3. The van der Waals surface area contributed by atoms with Crippen molar-refractivity contribution in [3.05, 3.63) is 100 Å². The maximum Gasteiger partial charge on any atom is 0.255 e. The van der Waals surface area contributed by atoms with E-state index in [-0.39, 0.29) is 11.9 Å². The number of nitrogens with zero attached hydrogens (tertiary/aromatic N) is 2. The second-order valence-electron chi connectivity index (χ2n) is 7.92. The zero-order valence-electron chi connectivity index (χ0n) is 17.9. The van der Waals surface area contributed by atoms with E-state index in [0.717, 1.165) is 34.7 Å². The summed E-state index contributed by atoms with van der Waals surface area (Å²) in [5, 5.41) is 7.01. The lowest BCUT2D eigenvalue weighted by Gasteiger charge is -2.31. The summed E-state index contributed by atoms with van der Waals surface area (Å²) in [4.78, 5) is 18.3. The van der Waals surface area contributed by atoms with Crippen LogP contribution < -0.4 is 10.6 Å². The van der Waals surface area contributed by atoms with Crippen LogP contribution in [0.15, 0.2) is 84.1 Å². The van der Waals surface area contributed by atoms with Crippen LogP contribution in [0.2, 0.25) is 5.02 Å². The molecule has 0 bridgehead atoms. The number of aromatic nitrogens is 2. The van der Waals surface area contributed by atoms with Crippen molar-refractivity contribution >= 4 is 40.2 Å². The first-order valence-electron chi connectivity index (χ1n) is 10.7. The third kappa shape index (κ3) is 3.55. The van der Waals surface area contributed by atoms with Crippen molar-refractivity contribution < 1.29 is 4.79 Å². The number of benzene rings is 3. The molecular weight excluding hydrogens is 420 g/mol. The van der Waals surface area contributed by atoms with Gasteiger partial charge in [0.05, 0.1) is 22.6 Å². The molecule has 32 heavy (non-hydrogen) atoms. The van der Waals surface area contributed by atoms with Gasteiger partial charge in [0.2, 0.25) is 5.95 Å². The van der Waals surface area contributed by atoms with Crippen molar-refractivity contribution in [3.63, 3.8) is 0 Å². The minimum atomic E-state index is -0.308. The molecule has 5 nitrogen and oxygen atoms in total. The van der Waals surface area contributed by atoms with Crippen molar-refractivity contribution in [1.82, 2.24) is 9.55 Å². The first-order valence-corrected chi connectivity index (χ1v) is 11.0. The molecule has 0 spiro atoms. The Morgan fingerprint density at radius 3 is 2.50 bits per heavy atom. The SMILES string of the molecule is CCc1ccc([C@@H]2C(C(=O)Nc3ccc(Cl)cc3)=C(C)Nc3nc4ccccc4n32)cc1. The lowest BCUT2D eigenvalue weighted by Crippen LogP contribution is -2.30. The van der Waals surface area contributed by atoms with E-state index in [1.807, 2.05) is 31.2 Å². The fourth-order valence-corrected chi connectivity index (χ4v) is 4.37. The maximum atomic E-state index is 13.6. The number of carbonyl (C=O) groups excluding carboxylic acids is 1. The van der Waals surface area contributed by atoms with Crippen LogP contribution in [-0.2, 0) is 11.2 Å². The van der Waals surface area contributed by atoms with Crippen molar-refractivity contribution in [1.29, 1.82) is 0 Å². The molecule has 0 radical (unpaired) electrons. The largest absolute Gasteiger partial charge is 0.329 e. The maximum absolute atomic E-state index is 13.6. The molecular formula is C26H23ClN4O. The Hall–Kier alpha value is -3.57. The Morgan fingerprint density at radius 2 is 1.78 bits per heavy atom. The second-order valence-corrected chi connectivity index (χ2v) is 8.35. The quantitative estimate of drug-likeness (QED) is 0.396. The molecule has 1 aliphatic rings. The number of amides is 1. The first kappa shape index (κ1) is 20.3. The van der Waals surface area contributed by atoms with Gasteiger partial charge in [-0.1, -0.05) is 54.9 Å². The molecule has 1 aliphatic heterocycles. The molecule has 0 unspecified atom stereocenters. The zero-order valence-corrected chi connectivity index (χ0v) is 18.6. The number of allylic oxidation sites excluding steroid dienone is 1. The zero-order chi connectivity index (χ0) is 22.2. The van der Waals surface area contributed by atoms with E-state index in [1.54, 1.807) is 24.3 Å².